The Morgan fingerprint density at radius 1 is 1.35 bits per heavy atom. The summed E-state index contributed by atoms with van der Waals surface area (Å²) in [5.74, 6) is -0.492. The summed E-state index contributed by atoms with van der Waals surface area (Å²) in [6, 6.07) is 7.16. The molecule has 1 atom stereocenters. The molecule has 5 nitrogen and oxygen atoms in total. The van der Waals surface area contributed by atoms with Crippen molar-refractivity contribution in [3.8, 4) is 0 Å². The fourth-order valence-corrected chi connectivity index (χ4v) is 3.03. The lowest BCUT2D eigenvalue weighted by Gasteiger charge is -2.17. The van der Waals surface area contributed by atoms with Gasteiger partial charge >= 0.3 is 5.97 Å². The van der Waals surface area contributed by atoms with Crippen LogP contribution in [0.15, 0.2) is 30.3 Å². The highest BCUT2D eigenvalue weighted by Gasteiger charge is 2.21. The van der Waals surface area contributed by atoms with E-state index in [9.17, 15) is 9.59 Å². The molecule has 0 saturated heterocycles. The summed E-state index contributed by atoms with van der Waals surface area (Å²) in [4.78, 5) is 28.1. The molecule has 6 heteroatoms. The van der Waals surface area contributed by atoms with Gasteiger partial charge in [0.15, 0.2) is 0 Å². The molecule has 1 N–H and O–H groups in total. The van der Waals surface area contributed by atoms with E-state index in [0.717, 1.165) is 15.2 Å². The second-order valence-corrected chi connectivity index (χ2v) is 6.63. The van der Waals surface area contributed by atoms with Crippen LogP contribution in [0.1, 0.15) is 25.3 Å². The fraction of sp³-hybridized carbons (Fsp3) is 0.353. The number of hydrogen-bond donors (Lipinski definition) is 1. The fourth-order valence-electron chi connectivity index (χ4n) is 2.16. The molecule has 1 unspecified atom stereocenters. The maximum Gasteiger partial charge on any atom is 0.328 e. The van der Waals surface area contributed by atoms with Crippen molar-refractivity contribution in [1.29, 1.82) is 0 Å². The van der Waals surface area contributed by atoms with Gasteiger partial charge in [-0.2, -0.15) is 0 Å². The van der Waals surface area contributed by atoms with E-state index < -0.39 is 12.0 Å². The number of fused-ring (bicyclic) bond motifs is 1. The van der Waals surface area contributed by atoms with Gasteiger partial charge in [0.05, 0.1) is 17.3 Å². The molecule has 0 saturated carbocycles. The highest BCUT2D eigenvalue weighted by Crippen LogP contribution is 2.22. The Morgan fingerprint density at radius 3 is 2.74 bits per heavy atom. The molecule has 1 aromatic heterocycles. The molecule has 0 aliphatic carbocycles. The first-order valence-corrected chi connectivity index (χ1v) is 8.23. The van der Waals surface area contributed by atoms with Crippen LogP contribution >= 0.6 is 11.3 Å². The predicted octanol–water partition coefficient (Wildman–Crippen LogP) is 3.01. The maximum atomic E-state index is 12.0. The van der Waals surface area contributed by atoms with Crippen molar-refractivity contribution in [3.05, 3.63) is 35.3 Å². The highest BCUT2D eigenvalue weighted by molar-refractivity contribution is 7.19. The lowest BCUT2D eigenvalue weighted by atomic mass is 10.0. The molecule has 1 amide bonds. The molecule has 0 fully saturated rings. The number of para-hydroxylation sites is 1. The third kappa shape index (κ3) is 4.89. The van der Waals surface area contributed by atoms with E-state index in [1.807, 2.05) is 38.1 Å². The zero-order valence-corrected chi connectivity index (χ0v) is 14.2. The average Bonchev–Trinajstić information content (AvgIpc) is 2.94. The number of hydrogen-bond acceptors (Lipinski definition) is 5. The summed E-state index contributed by atoms with van der Waals surface area (Å²) in [5.41, 5.74) is 0.907. The van der Waals surface area contributed by atoms with E-state index in [1.165, 1.54) is 24.5 Å². The number of aromatic nitrogens is 1. The SMILES string of the molecule is COC(=O)C(CC(C)C)NC(=O)/C=C/c1nc2ccccc2s1. The number of methoxy groups -OCH3 is 1. The quantitative estimate of drug-likeness (QED) is 0.652. The van der Waals surface area contributed by atoms with Crippen LogP contribution in [-0.2, 0) is 14.3 Å². The number of nitrogens with one attached hydrogen (secondary N) is 1. The van der Waals surface area contributed by atoms with Gasteiger partial charge in [0.1, 0.15) is 11.0 Å². The number of carbonyl (C=O) groups excluding carboxylic acids is 2. The van der Waals surface area contributed by atoms with Crippen LogP contribution in [0.4, 0.5) is 0 Å². The van der Waals surface area contributed by atoms with Gasteiger partial charge < -0.3 is 10.1 Å². The second-order valence-electron chi connectivity index (χ2n) is 5.57. The number of amides is 1. The Hall–Kier alpha value is -2.21. The molecule has 2 aromatic rings. The normalized spacial score (nSPS) is 12.7. The van der Waals surface area contributed by atoms with E-state index in [2.05, 4.69) is 10.3 Å². The van der Waals surface area contributed by atoms with Crippen molar-refractivity contribution in [3.63, 3.8) is 0 Å². The Labute approximate surface area is 139 Å². The van der Waals surface area contributed by atoms with Crippen LogP contribution in [0.5, 0.6) is 0 Å². The number of benzene rings is 1. The Kier molecular flexibility index (Phi) is 5.87. The lowest BCUT2D eigenvalue weighted by Crippen LogP contribution is -2.41. The van der Waals surface area contributed by atoms with Gasteiger partial charge in [0.25, 0.3) is 0 Å². The van der Waals surface area contributed by atoms with Gasteiger partial charge in [-0.05, 0) is 30.5 Å². The van der Waals surface area contributed by atoms with Crippen molar-refractivity contribution < 1.29 is 14.3 Å². The van der Waals surface area contributed by atoms with Crippen LogP contribution < -0.4 is 5.32 Å². The van der Waals surface area contributed by atoms with Crippen molar-refractivity contribution >= 4 is 39.5 Å². The second kappa shape index (κ2) is 7.87. The summed E-state index contributed by atoms with van der Waals surface area (Å²) in [5, 5.41) is 3.43. The molecule has 0 radical (unpaired) electrons. The third-order valence-electron chi connectivity index (χ3n) is 3.20. The Bertz CT molecular complexity index is 688. The van der Waals surface area contributed by atoms with Crippen LogP contribution in [0, 0.1) is 5.92 Å². The van der Waals surface area contributed by atoms with E-state index in [-0.39, 0.29) is 11.8 Å². The average molecular weight is 332 g/mol. The summed E-state index contributed by atoms with van der Waals surface area (Å²) < 4.78 is 5.80. The van der Waals surface area contributed by atoms with Gasteiger partial charge in [-0.25, -0.2) is 9.78 Å². The van der Waals surface area contributed by atoms with E-state index >= 15 is 0 Å². The van der Waals surface area contributed by atoms with Gasteiger partial charge in [0, 0.05) is 6.08 Å². The van der Waals surface area contributed by atoms with Gasteiger partial charge in [-0.15, -0.1) is 11.3 Å². The minimum atomic E-state index is -0.632. The minimum absolute atomic E-state index is 0.271. The molecule has 0 aliphatic heterocycles. The number of carbonyl (C=O) groups is 2. The number of esters is 1. The number of thiazole rings is 1. The van der Waals surface area contributed by atoms with Crippen LogP contribution in [0.2, 0.25) is 0 Å². The number of nitrogens with zero attached hydrogens (tertiary/aromatic N) is 1. The monoisotopic (exact) mass is 332 g/mol. The number of ether oxygens (including phenoxy) is 1. The molecule has 23 heavy (non-hydrogen) atoms. The molecule has 2 rings (SSSR count). The van der Waals surface area contributed by atoms with E-state index in [4.69, 9.17) is 4.74 Å². The van der Waals surface area contributed by atoms with Crippen molar-refractivity contribution in [2.24, 2.45) is 5.92 Å². The first-order chi connectivity index (χ1) is 11.0. The molecule has 0 spiro atoms. The molecule has 1 heterocycles. The van der Waals surface area contributed by atoms with Crippen LogP contribution in [-0.4, -0.2) is 30.0 Å². The summed E-state index contributed by atoms with van der Waals surface area (Å²) in [6.45, 7) is 3.97. The molecule has 0 aliphatic rings. The third-order valence-corrected chi connectivity index (χ3v) is 4.20. The smallest absolute Gasteiger partial charge is 0.328 e. The summed E-state index contributed by atoms with van der Waals surface area (Å²) in [7, 11) is 1.32. The van der Waals surface area contributed by atoms with Gasteiger partial charge in [-0.1, -0.05) is 26.0 Å². The molecule has 122 valence electrons. The molecule has 0 bridgehead atoms. The summed E-state index contributed by atoms with van der Waals surface area (Å²) >= 11 is 1.51. The standard InChI is InChI=1S/C17H20N2O3S/c1-11(2)10-13(17(21)22-3)18-15(20)8-9-16-19-12-6-4-5-7-14(12)23-16/h4-9,11,13H,10H2,1-3H3,(H,18,20)/b9-8+. The predicted molar refractivity (Wildman–Crippen MR) is 92.1 cm³/mol. The van der Waals surface area contributed by atoms with Crippen molar-refractivity contribution in [1.82, 2.24) is 10.3 Å². The Morgan fingerprint density at radius 2 is 2.09 bits per heavy atom. The van der Waals surface area contributed by atoms with Crippen LogP contribution in [0.25, 0.3) is 16.3 Å². The molecular formula is C17H20N2O3S. The van der Waals surface area contributed by atoms with Gasteiger partial charge in [-0.3, -0.25) is 4.79 Å². The minimum Gasteiger partial charge on any atom is -0.467 e. The number of rotatable bonds is 6. The maximum absolute atomic E-state index is 12.0. The first-order valence-electron chi connectivity index (χ1n) is 7.41. The largest absolute Gasteiger partial charge is 0.467 e. The Balaban J connectivity index is 2.03. The topological polar surface area (TPSA) is 68.3 Å². The van der Waals surface area contributed by atoms with Crippen molar-refractivity contribution in [2.45, 2.75) is 26.3 Å². The van der Waals surface area contributed by atoms with Gasteiger partial charge in [0.2, 0.25) is 5.91 Å². The lowest BCUT2D eigenvalue weighted by molar-refractivity contribution is -0.145. The van der Waals surface area contributed by atoms with E-state index in [0.29, 0.717) is 6.42 Å². The van der Waals surface area contributed by atoms with Crippen LogP contribution in [0.3, 0.4) is 0 Å². The highest BCUT2D eigenvalue weighted by atomic mass is 32.1. The zero-order valence-electron chi connectivity index (χ0n) is 13.4. The molecular weight excluding hydrogens is 312 g/mol. The summed E-state index contributed by atoms with van der Waals surface area (Å²) in [6.07, 6.45) is 3.59. The zero-order chi connectivity index (χ0) is 16.8. The molecule has 1 aromatic carbocycles. The van der Waals surface area contributed by atoms with E-state index in [1.54, 1.807) is 6.08 Å². The van der Waals surface area contributed by atoms with Crippen molar-refractivity contribution in [2.75, 3.05) is 7.11 Å². The first kappa shape index (κ1) is 17.1.